The summed E-state index contributed by atoms with van der Waals surface area (Å²) < 4.78 is 0. The smallest absolute Gasteiger partial charge is 0.0791 e. The summed E-state index contributed by atoms with van der Waals surface area (Å²) in [5, 5.41) is 1.93. The second-order valence-corrected chi connectivity index (χ2v) is 3.67. The van der Waals surface area contributed by atoms with E-state index in [1.807, 2.05) is 5.38 Å². The average molecular weight is 205 g/mol. The molecule has 2 heteroatoms. The summed E-state index contributed by atoms with van der Waals surface area (Å²) in [7, 11) is 0. The summed E-state index contributed by atoms with van der Waals surface area (Å²) in [6.07, 6.45) is 4.22. The Labute approximate surface area is 89.4 Å². The van der Waals surface area contributed by atoms with Gasteiger partial charge in [-0.2, -0.15) is 0 Å². The maximum atomic E-state index is 3.74. The van der Waals surface area contributed by atoms with E-state index in [1.54, 1.807) is 23.0 Å². The molecular formula is C12H15NS. The molecular weight excluding hydrogens is 190 g/mol. The van der Waals surface area contributed by atoms with Gasteiger partial charge in [0.05, 0.1) is 5.51 Å². The zero-order valence-corrected chi connectivity index (χ0v) is 9.20. The number of nitrogens with zero attached hydrogens (tertiary/aromatic N) is 1. The van der Waals surface area contributed by atoms with Crippen molar-refractivity contribution in [2.75, 3.05) is 0 Å². The van der Waals surface area contributed by atoms with Gasteiger partial charge in [-0.15, -0.1) is 11.3 Å². The summed E-state index contributed by atoms with van der Waals surface area (Å²) in [5.41, 5.74) is 3.24. The van der Waals surface area contributed by atoms with Crippen LogP contribution in [0.1, 0.15) is 18.9 Å². The standard InChI is InChI=1S/C9H12.C3H3NS/c1-2-6-9-7-4-3-5-8-9;1-2-5-3-4-1/h3-5,7-8H,2,6H2,1H3;1-3H. The van der Waals surface area contributed by atoms with Gasteiger partial charge in [-0.05, 0) is 12.0 Å². The Morgan fingerprint density at radius 2 is 2.00 bits per heavy atom. The van der Waals surface area contributed by atoms with Gasteiger partial charge >= 0.3 is 0 Å². The number of benzene rings is 1. The first kappa shape index (κ1) is 10.9. The highest BCUT2D eigenvalue weighted by Gasteiger charge is 1.84. The van der Waals surface area contributed by atoms with Crippen LogP contribution in [-0.2, 0) is 6.42 Å². The molecule has 0 radical (unpaired) electrons. The van der Waals surface area contributed by atoms with Crippen molar-refractivity contribution >= 4 is 11.3 Å². The monoisotopic (exact) mass is 205 g/mol. The molecule has 0 aliphatic rings. The van der Waals surface area contributed by atoms with Crippen LogP contribution in [0.4, 0.5) is 0 Å². The molecule has 1 nitrogen and oxygen atoms in total. The van der Waals surface area contributed by atoms with Gasteiger partial charge in [0.25, 0.3) is 0 Å². The quantitative estimate of drug-likeness (QED) is 0.727. The zero-order valence-electron chi connectivity index (χ0n) is 8.39. The third kappa shape index (κ3) is 4.77. The third-order valence-corrected chi connectivity index (χ3v) is 2.25. The molecule has 0 bridgehead atoms. The van der Waals surface area contributed by atoms with Crippen molar-refractivity contribution in [1.82, 2.24) is 4.98 Å². The Kier molecular flexibility index (Phi) is 5.68. The number of aromatic nitrogens is 1. The van der Waals surface area contributed by atoms with Gasteiger partial charge in [0, 0.05) is 11.6 Å². The van der Waals surface area contributed by atoms with E-state index in [-0.39, 0.29) is 0 Å². The molecule has 1 aromatic carbocycles. The second kappa shape index (κ2) is 7.27. The molecule has 0 fully saturated rings. The highest BCUT2D eigenvalue weighted by molar-refractivity contribution is 7.07. The maximum Gasteiger partial charge on any atom is 0.0791 e. The van der Waals surface area contributed by atoms with Gasteiger partial charge in [-0.25, -0.2) is 0 Å². The molecule has 0 N–H and O–H groups in total. The minimum absolute atomic E-state index is 1.21. The molecule has 1 heterocycles. The predicted molar refractivity (Wildman–Crippen MR) is 62.6 cm³/mol. The minimum atomic E-state index is 1.21. The summed E-state index contributed by atoms with van der Waals surface area (Å²) in [6.45, 7) is 2.20. The lowest BCUT2D eigenvalue weighted by Gasteiger charge is -1.93. The zero-order chi connectivity index (χ0) is 10.1. The first-order chi connectivity index (χ1) is 6.93. The average Bonchev–Trinajstić information content (AvgIpc) is 2.78. The lowest BCUT2D eigenvalue weighted by atomic mass is 10.1. The van der Waals surface area contributed by atoms with Crippen molar-refractivity contribution in [2.24, 2.45) is 0 Å². The second-order valence-electron chi connectivity index (χ2n) is 2.91. The van der Waals surface area contributed by atoms with Crippen LogP contribution in [0.15, 0.2) is 47.4 Å². The van der Waals surface area contributed by atoms with Gasteiger partial charge in [-0.3, -0.25) is 4.98 Å². The number of rotatable bonds is 2. The Bertz CT molecular complexity index is 285. The molecule has 0 saturated carbocycles. The van der Waals surface area contributed by atoms with Gasteiger partial charge in [-0.1, -0.05) is 43.7 Å². The van der Waals surface area contributed by atoms with E-state index in [9.17, 15) is 0 Å². The summed E-state index contributed by atoms with van der Waals surface area (Å²) in [5.74, 6) is 0. The molecule has 0 aliphatic heterocycles. The molecule has 74 valence electrons. The van der Waals surface area contributed by atoms with Gasteiger partial charge in [0.15, 0.2) is 0 Å². The fraction of sp³-hybridized carbons (Fsp3) is 0.250. The van der Waals surface area contributed by atoms with Crippen LogP contribution >= 0.6 is 11.3 Å². The molecule has 0 amide bonds. The molecule has 0 unspecified atom stereocenters. The van der Waals surface area contributed by atoms with Crippen molar-refractivity contribution in [2.45, 2.75) is 19.8 Å². The Morgan fingerprint density at radius 3 is 2.43 bits per heavy atom. The van der Waals surface area contributed by atoms with Crippen LogP contribution in [0.25, 0.3) is 0 Å². The third-order valence-electron chi connectivity index (χ3n) is 1.73. The number of hydrogen-bond donors (Lipinski definition) is 0. The van der Waals surface area contributed by atoms with E-state index >= 15 is 0 Å². The molecule has 0 atom stereocenters. The molecule has 0 saturated heterocycles. The van der Waals surface area contributed by atoms with Crippen molar-refractivity contribution in [1.29, 1.82) is 0 Å². The lowest BCUT2D eigenvalue weighted by Crippen LogP contribution is -1.78. The van der Waals surface area contributed by atoms with Crippen molar-refractivity contribution in [3.8, 4) is 0 Å². The fourth-order valence-corrected chi connectivity index (χ4v) is 1.46. The van der Waals surface area contributed by atoms with Crippen LogP contribution in [0.3, 0.4) is 0 Å². The van der Waals surface area contributed by atoms with Crippen molar-refractivity contribution in [3.05, 3.63) is 53.0 Å². The lowest BCUT2D eigenvalue weighted by molar-refractivity contribution is 0.922. The Balaban J connectivity index is 0.000000165. The van der Waals surface area contributed by atoms with E-state index in [2.05, 4.69) is 42.2 Å². The molecule has 0 spiro atoms. The summed E-state index contributed by atoms with van der Waals surface area (Å²) >= 11 is 1.60. The largest absolute Gasteiger partial charge is 0.253 e. The normalized spacial score (nSPS) is 8.93. The highest BCUT2D eigenvalue weighted by atomic mass is 32.1. The predicted octanol–water partition coefficient (Wildman–Crippen LogP) is 3.78. The summed E-state index contributed by atoms with van der Waals surface area (Å²) in [6, 6.07) is 10.6. The number of aryl methyl sites for hydroxylation is 1. The first-order valence-corrected chi connectivity index (χ1v) is 5.74. The molecule has 1 aromatic heterocycles. The number of hydrogen-bond acceptors (Lipinski definition) is 2. The van der Waals surface area contributed by atoms with Crippen LogP contribution in [-0.4, -0.2) is 4.98 Å². The van der Waals surface area contributed by atoms with Crippen LogP contribution in [0, 0.1) is 0 Å². The topological polar surface area (TPSA) is 12.9 Å². The van der Waals surface area contributed by atoms with Gasteiger partial charge in [0.2, 0.25) is 0 Å². The van der Waals surface area contributed by atoms with E-state index in [4.69, 9.17) is 0 Å². The van der Waals surface area contributed by atoms with Crippen LogP contribution in [0.2, 0.25) is 0 Å². The fourth-order valence-electron chi connectivity index (χ4n) is 1.11. The van der Waals surface area contributed by atoms with Crippen molar-refractivity contribution < 1.29 is 0 Å². The van der Waals surface area contributed by atoms with E-state index < -0.39 is 0 Å². The molecule has 2 aromatic rings. The highest BCUT2D eigenvalue weighted by Crippen LogP contribution is 2.00. The molecule has 0 aliphatic carbocycles. The van der Waals surface area contributed by atoms with Crippen molar-refractivity contribution in [3.63, 3.8) is 0 Å². The van der Waals surface area contributed by atoms with E-state index in [1.165, 1.54) is 18.4 Å². The van der Waals surface area contributed by atoms with Gasteiger partial charge in [0.1, 0.15) is 0 Å². The van der Waals surface area contributed by atoms with E-state index in [0.717, 1.165) is 0 Å². The maximum absolute atomic E-state index is 3.74. The SMILES string of the molecule is CCCc1ccccc1.c1cscn1. The van der Waals surface area contributed by atoms with Gasteiger partial charge < -0.3 is 0 Å². The first-order valence-electron chi connectivity index (χ1n) is 4.79. The van der Waals surface area contributed by atoms with Crippen LogP contribution < -0.4 is 0 Å². The van der Waals surface area contributed by atoms with Crippen LogP contribution in [0.5, 0.6) is 0 Å². The molecule has 2 rings (SSSR count). The van der Waals surface area contributed by atoms with E-state index in [0.29, 0.717) is 0 Å². The number of thiazole rings is 1. The minimum Gasteiger partial charge on any atom is -0.253 e. The Hall–Kier alpha value is -1.15. The molecule has 14 heavy (non-hydrogen) atoms. The summed E-state index contributed by atoms with van der Waals surface area (Å²) in [4.78, 5) is 3.74. The Morgan fingerprint density at radius 1 is 1.21 bits per heavy atom.